The average Bonchev–Trinajstić information content (AvgIpc) is 3.04. The number of carbonyl (C=O) groups is 2. The highest BCUT2D eigenvalue weighted by molar-refractivity contribution is 6.30. The molecule has 0 aliphatic rings. The summed E-state index contributed by atoms with van der Waals surface area (Å²) in [5.74, 6) is -0.403. The predicted molar refractivity (Wildman–Crippen MR) is 83.5 cm³/mol. The topological polar surface area (TPSA) is 109 Å². The Bertz CT molecular complexity index is 690. The number of carbonyl (C=O) groups excluding carboxylic acids is 1. The van der Waals surface area contributed by atoms with E-state index < -0.39 is 18.0 Å². The van der Waals surface area contributed by atoms with Crippen molar-refractivity contribution >= 4 is 23.6 Å². The predicted octanol–water partition coefficient (Wildman–Crippen LogP) is 1.58. The number of halogens is 1. The van der Waals surface area contributed by atoms with Gasteiger partial charge in [0.05, 0.1) is 5.69 Å². The molecule has 122 valence electrons. The summed E-state index contributed by atoms with van der Waals surface area (Å²) in [6.45, 7) is 1.91. The number of nitrogens with zero attached hydrogens (tertiary/aromatic N) is 3. The second-order valence-electron chi connectivity index (χ2n) is 4.74. The van der Waals surface area contributed by atoms with E-state index in [1.54, 1.807) is 29.8 Å². The second-order valence-corrected chi connectivity index (χ2v) is 5.18. The van der Waals surface area contributed by atoms with E-state index in [1.807, 2.05) is 0 Å². The Morgan fingerprint density at radius 3 is 2.83 bits per heavy atom. The first-order valence-corrected chi connectivity index (χ1v) is 7.29. The van der Waals surface area contributed by atoms with Gasteiger partial charge >= 0.3 is 6.09 Å². The minimum absolute atomic E-state index is 0.187. The minimum Gasteiger partial charge on any atom is -0.465 e. The van der Waals surface area contributed by atoms with Gasteiger partial charge < -0.3 is 15.7 Å². The van der Waals surface area contributed by atoms with Gasteiger partial charge in [0.25, 0.3) is 0 Å². The molecule has 0 aliphatic heterocycles. The van der Waals surface area contributed by atoms with Crippen molar-refractivity contribution in [2.75, 3.05) is 0 Å². The van der Waals surface area contributed by atoms with Crippen LogP contribution in [0.25, 0.3) is 5.69 Å². The van der Waals surface area contributed by atoms with Crippen molar-refractivity contribution in [1.82, 2.24) is 25.4 Å². The van der Waals surface area contributed by atoms with Crippen molar-refractivity contribution in [2.45, 2.75) is 25.9 Å². The van der Waals surface area contributed by atoms with Crippen LogP contribution in [0.5, 0.6) is 0 Å². The van der Waals surface area contributed by atoms with Gasteiger partial charge in [-0.2, -0.15) is 5.10 Å². The van der Waals surface area contributed by atoms with Crippen LogP contribution in [0.1, 0.15) is 18.9 Å². The van der Waals surface area contributed by atoms with Crippen LogP contribution in [-0.2, 0) is 11.3 Å². The van der Waals surface area contributed by atoms with Gasteiger partial charge in [0.1, 0.15) is 18.7 Å². The molecule has 1 atom stereocenters. The van der Waals surface area contributed by atoms with Gasteiger partial charge in [0.15, 0.2) is 0 Å². The molecule has 0 aliphatic carbocycles. The van der Waals surface area contributed by atoms with E-state index in [9.17, 15) is 9.59 Å². The van der Waals surface area contributed by atoms with Crippen LogP contribution in [0.15, 0.2) is 30.9 Å². The first-order valence-electron chi connectivity index (χ1n) is 6.92. The zero-order valence-electron chi connectivity index (χ0n) is 12.4. The monoisotopic (exact) mass is 337 g/mol. The van der Waals surface area contributed by atoms with Crippen LogP contribution in [0.3, 0.4) is 0 Å². The van der Waals surface area contributed by atoms with Crippen LogP contribution >= 0.6 is 11.6 Å². The summed E-state index contributed by atoms with van der Waals surface area (Å²) in [7, 11) is 0. The molecule has 1 aromatic carbocycles. The lowest BCUT2D eigenvalue weighted by Gasteiger charge is -2.16. The van der Waals surface area contributed by atoms with E-state index >= 15 is 0 Å². The number of nitrogens with one attached hydrogen (secondary N) is 2. The maximum absolute atomic E-state index is 12.1. The molecule has 8 nitrogen and oxygen atoms in total. The molecule has 0 bridgehead atoms. The van der Waals surface area contributed by atoms with E-state index in [0.29, 0.717) is 11.4 Å². The van der Waals surface area contributed by atoms with Crippen molar-refractivity contribution < 1.29 is 14.7 Å². The van der Waals surface area contributed by atoms with Crippen molar-refractivity contribution in [2.24, 2.45) is 0 Å². The summed E-state index contributed by atoms with van der Waals surface area (Å²) in [5.41, 5.74) is 1.47. The van der Waals surface area contributed by atoms with Crippen molar-refractivity contribution in [3.63, 3.8) is 0 Å². The van der Waals surface area contributed by atoms with Gasteiger partial charge in [-0.05, 0) is 30.2 Å². The Labute approximate surface area is 137 Å². The number of amides is 2. The van der Waals surface area contributed by atoms with E-state index in [1.165, 1.54) is 12.7 Å². The maximum Gasteiger partial charge on any atom is 0.405 e. The third-order valence-corrected chi connectivity index (χ3v) is 3.42. The number of benzene rings is 1. The van der Waals surface area contributed by atoms with Gasteiger partial charge in [-0.1, -0.05) is 18.5 Å². The lowest BCUT2D eigenvalue weighted by atomic mass is 10.1. The average molecular weight is 338 g/mol. The summed E-state index contributed by atoms with van der Waals surface area (Å²) in [6, 6.07) is 4.39. The molecule has 0 radical (unpaired) electrons. The van der Waals surface area contributed by atoms with E-state index in [0.717, 1.165) is 11.3 Å². The first-order chi connectivity index (χ1) is 11.0. The summed E-state index contributed by atoms with van der Waals surface area (Å²) < 4.78 is 1.56. The van der Waals surface area contributed by atoms with Gasteiger partial charge in [-0.3, -0.25) is 4.79 Å². The van der Waals surface area contributed by atoms with Crippen LogP contribution in [0, 0.1) is 0 Å². The highest BCUT2D eigenvalue weighted by atomic mass is 35.5. The first kappa shape index (κ1) is 16.8. The molecule has 0 saturated carbocycles. The lowest BCUT2D eigenvalue weighted by Crippen LogP contribution is -2.45. The Morgan fingerprint density at radius 1 is 1.43 bits per heavy atom. The highest BCUT2D eigenvalue weighted by Gasteiger charge is 2.18. The Hall–Kier alpha value is -2.61. The molecule has 0 spiro atoms. The molecule has 2 rings (SSSR count). The minimum atomic E-state index is -1.24. The third kappa shape index (κ3) is 4.43. The normalized spacial score (nSPS) is 11.7. The van der Waals surface area contributed by atoms with Gasteiger partial charge in [-0.15, -0.1) is 0 Å². The summed E-state index contributed by atoms with van der Waals surface area (Å²) in [6.07, 6.45) is 2.05. The Kier molecular flexibility index (Phi) is 5.53. The molecular formula is C14H16ClN5O3. The third-order valence-electron chi connectivity index (χ3n) is 3.18. The highest BCUT2D eigenvalue weighted by Crippen LogP contribution is 2.19. The Balaban J connectivity index is 2.12. The van der Waals surface area contributed by atoms with Gasteiger partial charge in [-0.25, -0.2) is 14.5 Å². The number of carboxylic acid groups (broad SMARTS) is 1. The number of hydrogen-bond acceptors (Lipinski definition) is 4. The molecule has 23 heavy (non-hydrogen) atoms. The van der Waals surface area contributed by atoms with E-state index in [-0.39, 0.29) is 6.54 Å². The molecule has 1 heterocycles. The smallest absolute Gasteiger partial charge is 0.405 e. The molecule has 2 aromatic rings. The van der Waals surface area contributed by atoms with Crippen molar-refractivity contribution in [1.29, 1.82) is 0 Å². The number of hydrogen-bond donors (Lipinski definition) is 3. The van der Waals surface area contributed by atoms with E-state index in [4.69, 9.17) is 16.7 Å². The number of rotatable bonds is 6. The lowest BCUT2D eigenvalue weighted by molar-refractivity contribution is -0.123. The Morgan fingerprint density at radius 2 is 2.22 bits per heavy atom. The fourth-order valence-electron chi connectivity index (χ4n) is 2.06. The van der Waals surface area contributed by atoms with Crippen LogP contribution in [0.4, 0.5) is 4.79 Å². The van der Waals surface area contributed by atoms with Crippen LogP contribution < -0.4 is 10.6 Å². The summed E-state index contributed by atoms with van der Waals surface area (Å²) in [4.78, 5) is 26.6. The van der Waals surface area contributed by atoms with Crippen molar-refractivity contribution in [3.8, 4) is 5.69 Å². The molecule has 1 aromatic heterocycles. The molecular weight excluding hydrogens is 322 g/mol. The van der Waals surface area contributed by atoms with Crippen LogP contribution in [-0.4, -0.2) is 37.9 Å². The van der Waals surface area contributed by atoms with E-state index in [2.05, 4.69) is 20.7 Å². The zero-order chi connectivity index (χ0) is 16.8. The fourth-order valence-corrected chi connectivity index (χ4v) is 2.25. The molecule has 3 N–H and O–H groups in total. The second kappa shape index (κ2) is 7.59. The largest absolute Gasteiger partial charge is 0.465 e. The molecule has 0 saturated heterocycles. The SMILES string of the molecule is CC[C@H](NC(=O)O)C(=O)NCc1cc(Cl)ccc1-n1cncn1. The fraction of sp³-hybridized carbons (Fsp3) is 0.286. The summed E-state index contributed by atoms with van der Waals surface area (Å²) >= 11 is 6.00. The molecule has 9 heteroatoms. The number of aromatic nitrogens is 3. The standard InChI is InChI=1S/C14H16ClN5O3/c1-2-11(19-14(22)23)13(21)17-6-9-5-10(15)3-4-12(9)20-8-16-7-18-20/h3-5,7-8,11,19H,2,6H2,1H3,(H,17,21)(H,22,23)/t11-/m0/s1. The van der Waals surface area contributed by atoms with Crippen LogP contribution in [0.2, 0.25) is 5.02 Å². The quantitative estimate of drug-likeness (QED) is 0.741. The molecule has 0 unspecified atom stereocenters. The maximum atomic E-state index is 12.1. The molecule has 2 amide bonds. The zero-order valence-corrected chi connectivity index (χ0v) is 13.1. The van der Waals surface area contributed by atoms with Crippen molar-refractivity contribution in [3.05, 3.63) is 41.4 Å². The van der Waals surface area contributed by atoms with Gasteiger partial charge in [0, 0.05) is 11.6 Å². The summed E-state index contributed by atoms with van der Waals surface area (Å²) in [5, 5.41) is 18.2. The molecule has 0 fully saturated rings. The van der Waals surface area contributed by atoms with Gasteiger partial charge in [0.2, 0.25) is 5.91 Å².